The lowest BCUT2D eigenvalue weighted by Gasteiger charge is -2.37. The molecule has 4 N–H and O–H groups in total. The van der Waals surface area contributed by atoms with Gasteiger partial charge in [-0.25, -0.2) is 4.39 Å². The summed E-state index contributed by atoms with van der Waals surface area (Å²) in [4.78, 5) is 19.1. The van der Waals surface area contributed by atoms with Crippen LogP contribution in [-0.4, -0.2) is 76.9 Å². The molecule has 0 unspecified atom stereocenters. The van der Waals surface area contributed by atoms with Crippen LogP contribution in [0.2, 0.25) is 0 Å². The molecule has 0 bridgehead atoms. The summed E-state index contributed by atoms with van der Waals surface area (Å²) in [5, 5.41) is 26.8. The second kappa shape index (κ2) is 8.55. The molecule has 0 aromatic heterocycles. The fourth-order valence-corrected chi connectivity index (χ4v) is 4.68. The average molecular weight is 396 g/mol. The SMILES string of the molecule is CN(C)CCNC(=O)[C@@H]1C[C@@H](O)[C@H](O)[C@H]2N=C(Nc3ccc(F)cc3)S[C@@H]21. The van der Waals surface area contributed by atoms with E-state index >= 15 is 0 Å². The van der Waals surface area contributed by atoms with E-state index in [-0.39, 0.29) is 23.4 Å². The Hall–Kier alpha value is -1.68. The lowest BCUT2D eigenvalue weighted by atomic mass is 9.81. The number of halogens is 1. The van der Waals surface area contributed by atoms with E-state index in [1.54, 1.807) is 12.1 Å². The minimum absolute atomic E-state index is 0.136. The third-order valence-corrected chi connectivity index (χ3v) is 6.09. The molecule has 7 nitrogen and oxygen atoms in total. The van der Waals surface area contributed by atoms with Gasteiger partial charge in [-0.05, 0) is 44.8 Å². The molecule has 1 fully saturated rings. The van der Waals surface area contributed by atoms with Crippen LogP contribution in [0.5, 0.6) is 0 Å². The van der Waals surface area contributed by atoms with E-state index in [0.717, 1.165) is 6.54 Å². The van der Waals surface area contributed by atoms with Gasteiger partial charge in [-0.2, -0.15) is 0 Å². The Bertz CT molecular complexity index is 700. The molecule has 5 atom stereocenters. The quantitative estimate of drug-likeness (QED) is 0.579. The number of carbonyl (C=O) groups is 1. The number of aliphatic imine (C=N–C) groups is 1. The average Bonchev–Trinajstić information content (AvgIpc) is 3.03. The Labute approximate surface area is 162 Å². The Balaban J connectivity index is 1.68. The minimum atomic E-state index is -1.01. The third kappa shape index (κ3) is 4.78. The standard InChI is InChI=1S/C18H25FN4O3S/c1-23(2)8-7-20-17(26)12-9-13(24)15(25)14-16(12)27-18(22-14)21-11-5-3-10(19)4-6-11/h3-6,12-16,24-25H,7-9H2,1-2H3,(H,20,26)(H,21,22)/t12-,13-,14-,15+,16-/m1/s1. The summed E-state index contributed by atoms with van der Waals surface area (Å²) in [6, 6.07) is 5.31. The van der Waals surface area contributed by atoms with E-state index in [1.807, 2.05) is 19.0 Å². The highest BCUT2D eigenvalue weighted by Gasteiger charge is 2.50. The van der Waals surface area contributed by atoms with Crippen LogP contribution in [0.15, 0.2) is 29.3 Å². The maximum atomic E-state index is 13.1. The van der Waals surface area contributed by atoms with E-state index in [4.69, 9.17) is 0 Å². The van der Waals surface area contributed by atoms with Crippen molar-refractivity contribution in [2.45, 2.75) is 29.9 Å². The summed E-state index contributed by atoms with van der Waals surface area (Å²) in [7, 11) is 3.86. The van der Waals surface area contributed by atoms with Gasteiger partial charge in [0.1, 0.15) is 11.9 Å². The molecule has 1 aromatic carbocycles. The number of hydrogen-bond donors (Lipinski definition) is 4. The maximum Gasteiger partial charge on any atom is 0.224 e. The van der Waals surface area contributed by atoms with Crippen molar-refractivity contribution in [3.05, 3.63) is 30.1 Å². The van der Waals surface area contributed by atoms with Gasteiger partial charge in [0.05, 0.1) is 18.1 Å². The number of benzene rings is 1. The van der Waals surface area contributed by atoms with Crippen LogP contribution in [0.1, 0.15) is 6.42 Å². The number of likely N-dealkylation sites (N-methyl/N-ethyl adjacent to an activating group) is 1. The molecule has 0 radical (unpaired) electrons. The van der Waals surface area contributed by atoms with Crippen LogP contribution in [0.25, 0.3) is 0 Å². The number of rotatable bonds is 5. The summed E-state index contributed by atoms with van der Waals surface area (Å²) in [5.41, 5.74) is 0.670. The molecule has 2 aliphatic rings. The van der Waals surface area contributed by atoms with Gasteiger partial charge in [0.25, 0.3) is 0 Å². The minimum Gasteiger partial charge on any atom is -0.390 e. The zero-order valence-corrected chi connectivity index (χ0v) is 16.1. The Morgan fingerprint density at radius 3 is 2.70 bits per heavy atom. The fraction of sp³-hybridized carbons (Fsp3) is 0.556. The van der Waals surface area contributed by atoms with Gasteiger partial charge in [0, 0.05) is 24.0 Å². The Morgan fingerprint density at radius 2 is 2.04 bits per heavy atom. The number of carbonyl (C=O) groups excluding carboxylic acids is 1. The van der Waals surface area contributed by atoms with Crippen LogP contribution >= 0.6 is 11.8 Å². The van der Waals surface area contributed by atoms with Crippen molar-refractivity contribution >= 4 is 28.5 Å². The van der Waals surface area contributed by atoms with Crippen molar-refractivity contribution in [3.63, 3.8) is 0 Å². The zero-order chi connectivity index (χ0) is 19.6. The Morgan fingerprint density at radius 1 is 1.33 bits per heavy atom. The highest BCUT2D eigenvalue weighted by atomic mass is 32.2. The van der Waals surface area contributed by atoms with Gasteiger partial charge >= 0.3 is 0 Å². The monoisotopic (exact) mass is 396 g/mol. The van der Waals surface area contributed by atoms with Gasteiger partial charge in [0.2, 0.25) is 5.91 Å². The number of nitrogens with zero attached hydrogens (tertiary/aromatic N) is 2. The Kier molecular flexibility index (Phi) is 6.36. The van der Waals surface area contributed by atoms with Crippen LogP contribution in [-0.2, 0) is 4.79 Å². The first-order chi connectivity index (χ1) is 12.8. The predicted octanol–water partition coefficient (Wildman–Crippen LogP) is 0.497. The molecule has 1 saturated carbocycles. The summed E-state index contributed by atoms with van der Waals surface area (Å²) in [6.07, 6.45) is -1.81. The lowest BCUT2D eigenvalue weighted by Crippen LogP contribution is -2.54. The maximum absolute atomic E-state index is 13.1. The molecule has 9 heteroatoms. The number of aliphatic hydroxyl groups is 2. The molecular formula is C18H25FN4O3S. The van der Waals surface area contributed by atoms with E-state index in [1.165, 1.54) is 23.9 Å². The second-order valence-corrected chi connectivity index (χ2v) is 8.30. The highest BCUT2D eigenvalue weighted by Crippen LogP contribution is 2.41. The van der Waals surface area contributed by atoms with Gasteiger partial charge in [0.15, 0.2) is 5.17 Å². The second-order valence-electron chi connectivity index (χ2n) is 7.13. The largest absolute Gasteiger partial charge is 0.390 e. The van der Waals surface area contributed by atoms with Crippen LogP contribution in [0, 0.1) is 11.7 Å². The molecule has 27 heavy (non-hydrogen) atoms. The van der Waals surface area contributed by atoms with E-state index < -0.39 is 24.2 Å². The summed E-state index contributed by atoms with van der Waals surface area (Å²) >= 11 is 1.38. The van der Waals surface area contributed by atoms with Crippen LogP contribution in [0.4, 0.5) is 10.1 Å². The van der Waals surface area contributed by atoms with Crippen molar-refractivity contribution in [3.8, 4) is 0 Å². The van der Waals surface area contributed by atoms with E-state index in [0.29, 0.717) is 17.4 Å². The summed E-state index contributed by atoms with van der Waals surface area (Å²) in [5.74, 6) is -0.913. The molecule has 0 saturated heterocycles. The molecule has 1 heterocycles. The number of thioether (sulfide) groups is 1. The number of nitrogens with one attached hydrogen (secondary N) is 2. The number of amides is 1. The number of fused-ring (bicyclic) bond motifs is 1. The van der Waals surface area contributed by atoms with Gasteiger partial charge in [-0.3, -0.25) is 9.79 Å². The summed E-state index contributed by atoms with van der Waals surface area (Å²) in [6.45, 7) is 1.24. The molecule has 1 aromatic rings. The number of amidine groups is 1. The highest BCUT2D eigenvalue weighted by molar-refractivity contribution is 8.15. The summed E-state index contributed by atoms with van der Waals surface area (Å²) < 4.78 is 13.1. The van der Waals surface area contributed by atoms with Crippen molar-refractivity contribution < 1.29 is 19.4 Å². The van der Waals surface area contributed by atoms with Crippen LogP contribution < -0.4 is 10.6 Å². The van der Waals surface area contributed by atoms with Gasteiger partial charge in [-0.1, -0.05) is 11.8 Å². The lowest BCUT2D eigenvalue weighted by molar-refractivity contribution is -0.129. The predicted molar refractivity (Wildman–Crippen MR) is 104 cm³/mol. The molecule has 3 rings (SSSR count). The van der Waals surface area contributed by atoms with Crippen molar-refractivity contribution in [2.24, 2.45) is 10.9 Å². The first-order valence-electron chi connectivity index (χ1n) is 8.91. The van der Waals surface area contributed by atoms with Gasteiger partial charge in [-0.15, -0.1) is 0 Å². The van der Waals surface area contributed by atoms with Crippen molar-refractivity contribution in [1.82, 2.24) is 10.2 Å². The van der Waals surface area contributed by atoms with E-state index in [2.05, 4.69) is 15.6 Å². The molecule has 1 aliphatic heterocycles. The van der Waals surface area contributed by atoms with Crippen LogP contribution in [0.3, 0.4) is 0 Å². The molecule has 0 spiro atoms. The topological polar surface area (TPSA) is 97.2 Å². The first kappa shape index (κ1) is 20.1. The fourth-order valence-electron chi connectivity index (χ4n) is 3.30. The third-order valence-electron chi connectivity index (χ3n) is 4.78. The first-order valence-corrected chi connectivity index (χ1v) is 9.78. The van der Waals surface area contributed by atoms with Crippen molar-refractivity contribution in [2.75, 3.05) is 32.5 Å². The zero-order valence-electron chi connectivity index (χ0n) is 15.3. The number of aliphatic hydroxyl groups excluding tert-OH is 2. The van der Waals surface area contributed by atoms with Crippen molar-refractivity contribution in [1.29, 1.82) is 0 Å². The molecule has 1 amide bonds. The smallest absolute Gasteiger partial charge is 0.224 e. The molecular weight excluding hydrogens is 371 g/mol. The molecule has 1 aliphatic carbocycles. The number of anilines is 1. The molecule has 148 valence electrons. The van der Waals surface area contributed by atoms with Gasteiger partial charge < -0.3 is 25.7 Å². The normalized spacial score (nSPS) is 30.0. The number of hydrogen-bond acceptors (Lipinski definition) is 7. The van der Waals surface area contributed by atoms with E-state index in [9.17, 15) is 19.4 Å².